The molecule has 94 valence electrons. The highest BCUT2D eigenvalue weighted by Gasteiger charge is 2.11. The van der Waals surface area contributed by atoms with E-state index < -0.39 is 23.7 Å². The Morgan fingerprint density at radius 3 is 2.61 bits per heavy atom. The summed E-state index contributed by atoms with van der Waals surface area (Å²) >= 11 is 0. The molecular formula is C12H11FN2O3. The summed E-state index contributed by atoms with van der Waals surface area (Å²) < 4.78 is 13.2. The van der Waals surface area contributed by atoms with Crippen LogP contribution in [0.4, 0.5) is 4.39 Å². The number of benzene rings is 1. The van der Waals surface area contributed by atoms with Crippen LogP contribution in [0.2, 0.25) is 0 Å². The van der Waals surface area contributed by atoms with E-state index in [2.05, 4.69) is 9.97 Å². The highest BCUT2D eigenvalue weighted by atomic mass is 19.1. The molecule has 1 aromatic heterocycles. The van der Waals surface area contributed by atoms with Crippen molar-refractivity contribution in [3.05, 3.63) is 56.1 Å². The Morgan fingerprint density at radius 1 is 1.28 bits per heavy atom. The lowest BCUT2D eigenvalue weighted by atomic mass is 10.0. The monoisotopic (exact) mass is 250 g/mol. The molecule has 2 rings (SSSR count). The van der Waals surface area contributed by atoms with E-state index in [1.54, 1.807) is 6.92 Å². The molecule has 0 saturated heterocycles. The summed E-state index contributed by atoms with van der Waals surface area (Å²) in [6.45, 7) is 1.12. The summed E-state index contributed by atoms with van der Waals surface area (Å²) in [5.41, 5.74) is 0.0361. The summed E-state index contributed by atoms with van der Waals surface area (Å²) in [5, 5.41) is 8.99. The second-order valence-corrected chi connectivity index (χ2v) is 3.87. The third-order valence-corrected chi connectivity index (χ3v) is 2.63. The Labute approximate surface area is 101 Å². The van der Waals surface area contributed by atoms with Crippen molar-refractivity contribution in [3.8, 4) is 11.1 Å². The van der Waals surface area contributed by atoms with E-state index in [1.165, 1.54) is 18.2 Å². The number of hydrogen-bond acceptors (Lipinski definition) is 3. The molecule has 0 spiro atoms. The molecule has 0 radical (unpaired) electrons. The van der Waals surface area contributed by atoms with E-state index in [4.69, 9.17) is 5.11 Å². The molecule has 0 atom stereocenters. The van der Waals surface area contributed by atoms with E-state index in [0.29, 0.717) is 11.3 Å². The number of nitrogens with one attached hydrogen (secondary N) is 2. The molecule has 1 aromatic carbocycles. The lowest BCUT2D eigenvalue weighted by molar-refractivity contribution is 0.276. The molecule has 6 heteroatoms. The molecule has 0 amide bonds. The number of rotatable bonds is 2. The van der Waals surface area contributed by atoms with Gasteiger partial charge in [-0.3, -0.25) is 9.78 Å². The van der Waals surface area contributed by atoms with Crippen molar-refractivity contribution in [2.24, 2.45) is 0 Å². The smallest absolute Gasteiger partial charge is 0.325 e. The average molecular weight is 250 g/mol. The second kappa shape index (κ2) is 4.58. The summed E-state index contributed by atoms with van der Waals surface area (Å²) in [6.07, 6.45) is 0. The Bertz CT molecular complexity index is 703. The van der Waals surface area contributed by atoms with Crippen molar-refractivity contribution in [2.45, 2.75) is 13.5 Å². The third-order valence-electron chi connectivity index (χ3n) is 2.63. The van der Waals surface area contributed by atoms with Crippen LogP contribution in [-0.4, -0.2) is 15.1 Å². The van der Waals surface area contributed by atoms with Crippen LogP contribution in [0.25, 0.3) is 11.1 Å². The van der Waals surface area contributed by atoms with E-state index in [9.17, 15) is 14.0 Å². The molecule has 0 aliphatic rings. The number of aromatic amines is 2. The SMILES string of the molecule is Cc1[nH]c(=O)[nH]c(=O)c1-c1ccc(F)c(CO)c1. The standard InChI is InChI=1S/C12H11FN2O3/c1-6-10(11(17)15-12(18)14-6)7-2-3-9(13)8(4-7)5-16/h2-4,16H,5H2,1H3,(H2,14,15,17,18). The first-order chi connectivity index (χ1) is 8.52. The predicted molar refractivity (Wildman–Crippen MR) is 63.7 cm³/mol. The van der Waals surface area contributed by atoms with E-state index in [1.807, 2.05) is 0 Å². The van der Waals surface area contributed by atoms with Crippen molar-refractivity contribution in [3.63, 3.8) is 0 Å². The zero-order chi connectivity index (χ0) is 13.3. The van der Waals surface area contributed by atoms with Crippen LogP contribution in [0, 0.1) is 12.7 Å². The molecule has 3 N–H and O–H groups in total. The fourth-order valence-electron chi connectivity index (χ4n) is 1.80. The molecule has 2 aromatic rings. The Balaban J connectivity index is 2.70. The van der Waals surface area contributed by atoms with Gasteiger partial charge < -0.3 is 10.1 Å². The topological polar surface area (TPSA) is 86.0 Å². The summed E-state index contributed by atoms with van der Waals surface area (Å²) in [7, 11) is 0. The van der Waals surface area contributed by atoms with E-state index >= 15 is 0 Å². The van der Waals surface area contributed by atoms with Crippen LogP contribution in [0.15, 0.2) is 27.8 Å². The lowest BCUT2D eigenvalue weighted by Gasteiger charge is -2.06. The van der Waals surface area contributed by atoms with Crippen molar-refractivity contribution >= 4 is 0 Å². The maximum Gasteiger partial charge on any atom is 0.325 e. The van der Waals surface area contributed by atoms with Gasteiger partial charge in [-0.15, -0.1) is 0 Å². The Morgan fingerprint density at radius 2 is 2.00 bits per heavy atom. The van der Waals surface area contributed by atoms with Gasteiger partial charge in [0, 0.05) is 11.3 Å². The Hall–Kier alpha value is -2.21. The number of halogens is 1. The van der Waals surface area contributed by atoms with Gasteiger partial charge in [0.1, 0.15) is 5.82 Å². The van der Waals surface area contributed by atoms with E-state index in [-0.39, 0.29) is 11.1 Å². The molecule has 5 nitrogen and oxygen atoms in total. The number of aliphatic hydroxyl groups is 1. The van der Waals surface area contributed by atoms with Gasteiger partial charge in [-0.25, -0.2) is 9.18 Å². The van der Waals surface area contributed by atoms with Gasteiger partial charge in [-0.1, -0.05) is 6.07 Å². The quantitative estimate of drug-likeness (QED) is 0.732. The van der Waals surface area contributed by atoms with Gasteiger partial charge in [0.25, 0.3) is 5.56 Å². The number of aromatic nitrogens is 2. The fourth-order valence-corrected chi connectivity index (χ4v) is 1.80. The summed E-state index contributed by atoms with van der Waals surface area (Å²) in [6, 6.07) is 3.97. The highest BCUT2D eigenvalue weighted by Crippen LogP contribution is 2.20. The number of aliphatic hydroxyl groups excluding tert-OH is 1. The van der Waals surface area contributed by atoms with Crippen LogP contribution in [0.1, 0.15) is 11.3 Å². The first-order valence-corrected chi connectivity index (χ1v) is 5.26. The van der Waals surface area contributed by atoms with Crippen molar-refractivity contribution in [2.75, 3.05) is 0 Å². The van der Waals surface area contributed by atoms with Crippen LogP contribution in [0.3, 0.4) is 0 Å². The minimum absolute atomic E-state index is 0.0949. The second-order valence-electron chi connectivity index (χ2n) is 3.87. The molecule has 0 aliphatic heterocycles. The number of hydrogen-bond donors (Lipinski definition) is 3. The fraction of sp³-hybridized carbons (Fsp3) is 0.167. The van der Waals surface area contributed by atoms with Crippen LogP contribution >= 0.6 is 0 Å². The molecule has 1 heterocycles. The lowest BCUT2D eigenvalue weighted by Crippen LogP contribution is -2.25. The maximum atomic E-state index is 13.2. The zero-order valence-corrected chi connectivity index (χ0v) is 9.58. The number of aryl methyl sites for hydroxylation is 1. The molecule has 0 fully saturated rings. The van der Waals surface area contributed by atoms with Crippen LogP contribution in [-0.2, 0) is 6.61 Å². The van der Waals surface area contributed by atoms with E-state index in [0.717, 1.165) is 0 Å². The molecule has 0 unspecified atom stereocenters. The largest absolute Gasteiger partial charge is 0.392 e. The number of H-pyrrole nitrogens is 2. The minimum atomic E-state index is -0.592. The highest BCUT2D eigenvalue weighted by molar-refractivity contribution is 5.65. The maximum absolute atomic E-state index is 13.2. The third kappa shape index (κ3) is 2.10. The predicted octanol–water partition coefficient (Wildman–Crippen LogP) is 0.670. The molecule has 0 saturated carbocycles. The summed E-state index contributed by atoms with van der Waals surface area (Å²) in [4.78, 5) is 27.3. The Kier molecular flexibility index (Phi) is 3.12. The average Bonchev–Trinajstić information content (AvgIpc) is 2.30. The van der Waals surface area contributed by atoms with Crippen LogP contribution in [0.5, 0.6) is 0 Å². The van der Waals surface area contributed by atoms with Gasteiger partial charge in [0.15, 0.2) is 0 Å². The molecular weight excluding hydrogens is 239 g/mol. The molecule has 0 aliphatic carbocycles. The van der Waals surface area contributed by atoms with Gasteiger partial charge in [-0.2, -0.15) is 0 Å². The minimum Gasteiger partial charge on any atom is -0.392 e. The normalized spacial score (nSPS) is 10.6. The van der Waals surface area contributed by atoms with Gasteiger partial charge in [0.05, 0.1) is 12.2 Å². The van der Waals surface area contributed by atoms with Gasteiger partial charge in [0.2, 0.25) is 0 Å². The zero-order valence-electron chi connectivity index (χ0n) is 9.58. The van der Waals surface area contributed by atoms with Crippen LogP contribution < -0.4 is 11.2 Å². The molecule has 18 heavy (non-hydrogen) atoms. The van der Waals surface area contributed by atoms with Gasteiger partial charge >= 0.3 is 5.69 Å². The molecule has 0 bridgehead atoms. The van der Waals surface area contributed by atoms with Crippen molar-refractivity contribution in [1.82, 2.24) is 9.97 Å². The first kappa shape index (κ1) is 12.3. The first-order valence-electron chi connectivity index (χ1n) is 5.26. The van der Waals surface area contributed by atoms with Crippen molar-refractivity contribution in [1.29, 1.82) is 0 Å². The van der Waals surface area contributed by atoms with Gasteiger partial charge in [-0.05, 0) is 24.6 Å². The summed E-state index contributed by atoms with van der Waals surface area (Å²) in [5.74, 6) is -0.542. The van der Waals surface area contributed by atoms with Crippen molar-refractivity contribution < 1.29 is 9.50 Å².